The number of benzene rings is 1. The molecule has 118 valence electrons. The van der Waals surface area contributed by atoms with Gasteiger partial charge in [0.1, 0.15) is 5.82 Å². The van der Waals surface area contributed by atoms with Crippen molar-refractivity contribution < 1.29 is 4.39 Å². The zero-order chi connectivity index (χ0) is 15.2. The van der Waals surface area contributed by atoms with Gasteiger partial charge in [-0.1, -0.05) is 56.7 Å². The molecule has 2 rings (SSSR count). The highest BCUT2D eigenvalue weighted by Crippen LogP contribution is 2.33. The molecule has 1 nitrogen and oxygen atoms in total. The van der Waals surface area contributed by atoms with Gasteiger partial charge in [-0.15, -0.1) is 0 Å². The van der Waals surface area contributed by atoms with Gasteiger partial charge in [-0.3, -0.25) is 0 Å². The maximum atomic E-state index is 13.6. The smallest absolute Gasteiger partial charge is 0.127 e. The fourth-order valence-corrected chi connectivity index (χ4v) is 3.72. The van der Waals surface area contributed by atoms with Crippen molar-refractivity contribution in [1.82, 2.24) is 5.32 Å². The average molecular weight is 312 g/mol. The zero-order valence-corrected chi connectivity index (χ0v) is 14.0. The van der Waals surface area contributed by atoms with Crippen molar-refractivity contribution in [1.29, 1.82) is 0 Å². The zero-order valence-electron chi connectivity index (χ0n) is 13.2. The van der Waals surface area contributed by atoms with Crippen LogP contribution in [0.1, 0.15) is 69.0 Å². The average Bonchev–Trinajstić information content (AvgIpc) is 2.48. The number of nitrogens with one attached hydrogen (secondary N) is 1. The molecule has 1 atom stereocenters. The maximum Gasteiger partial charge on any atom is 0.127 e. The van der Waals surface area contributed by atoms with E-state index in [2.05, 4.69) is 12.2 Å². The Bertz CT molecular complexity index is 455. The van der Waals surface area contributed by atoms with E-state index in [0.29, 0.717) is 10.6 Å². The fourth-order valence-electron chi connectivity index (χ4n) is 3.44. The number of hydrogen-bond acceptors (Lipinski definition) is 1. The van der Waals surface area contributed by atoms with Gasteiger partial charge in [0.2, 0.25) is 0 Å². The number of rotatable bonds is 6. The summed E-state index contributed by atoms with van der Waals surface area (Å²) in [7, 11) is 0. The van der Waals surface area contributed by atoms with Gasteiger partial charge in [-0.05, 0) is 49.4 Å². The van der Waals surface area contributed by atoms with Crippen LogP contribution in [0.3, 0.4) is 0 Å². The SMILES string of the molecule is CCNC(CCC1CCCCC1)c1cc(C)c(F)cc1Cl. The largest absolute Gasteiger partial charge is 0.310 e. The second-order valence-electron chi connectivity index (χ2n) is 6.31. The minimum atomic E-state index is -0.216. The van der Waals surface area contributed by atoms with Crippen LogP contribution in [0.5, 0.6) is 0 Å². The monoisotopic (exact) mass is 311 g/mol. The second-order valence-corrected chi connectivity index (χ2v) is 6.72. The molecule has 0 spiro atoms. The van der Waals surface area contributed by atoms with Crippen molar-refractivity contribution in [3.05, 3.63) is 34.1 Å². The molecule has 0 aliphatic heterocycles. The first kappa shape index (κ1) is 16.8. The van der Waals surface area contributed by atoms with Crippen LogP contribution in [0, 0.1) is 18.7 Å². The maximum absolute atomic E-state index is 13.6. The van der Waals surface area contributed by atoms with Crippen molar-refractivity contribution >= 4 is 11.6 Å². The van der Waals surface area contributed by atoms with E-state index in [-0.39, 0.29) is 11.9 Å². The lowest BCUT2D eigenvalue weighted by Crippen LogP contribution is -2.22. The van der Waals surface area contributed by atoms with Crippen molar-refractivity contribution in [3.8, 4) is 0 Å². The van der Waals surface area contributed by atoms with E-state index >= 15 is 0 Å². The van der Waals surface area contributed by atoms with E-state index in [9.17, 15) is 4.39 Å². The summed E-state index contributed by atoms with van der Waals surface area (Å²) in [4.78, 5) is 0. The molecule has 1 saturated carbocycles. The van der Waals surface area contributed by atoms with Gasteiger partial charge < -0.3 is 5.32 Å². The van der Waals surface area contributed by atoms with Gasteiger partial charge in [0.05, 0.1) is 0 Å². The lowest BCUT2D eigenvalue weighted by Gasteiger charge is -2.25. The van der Waals surface area contributed by atoms with E-state index in [1.54, 1.807) is 6.92 Å². The predicted octanol–water partition coefficient (Wildman–Crippen LogP) is 5.80. The Morgan fingerprint density at radius 3 is 2.67 bits per heavy atom. The summed E-state index contributed by atoms with van der Waals surface area (Å²) < 4.78 is 13.6. The molecule has 1 aromatic rings. The van der Waals surface area contributed by atoms with Crippen LogP contribution in [0.25, 0.3) is 0 Å². The van der Waals surface area contributed by atoms with Gasteiger partial charge in [0.15, 0.2) is 0 Å². The molecular weight excluding hydrogens is 285 g/mol. The quantitative estimate of drug-likeness (QED) is 0.700. The van der Waals surface area contributed by atoms with E-state index < -0.39 is 0 Å². The number of aryl methyl sites for hydroxylation is 1. The summed E-state index contributed by atoms with van der Waals surface area (Å²) in [5.74, 6) is 0.645. The first-order chi connectivity index (χ1) is 10.1. The Balaban J connectivity index is 2.05. The van der Waals surface area contributed by atoms with Gasteiger partial charge in [0, 0.05) is 11.1 Å². The number of halogens is 2. The predicted molar refractivity (Wildman–Crippen MR) is 88.4 cm³/mol. The highest BCUT2D eigenvalue weighted by Gasteiger charge is 2.19. The summed E-state index contributed by atoms with van der Waals surface area (Å²) in [6.07, 6.45) is 9.23. The van der Waals surface area contributed by atoms with Crippen LogP contribution >= 0.6 is 11.6 Å². The van der Waals surface area contributed by atoms with Gasteiger partial charge >= 0.3 is 0 Å². The summed E-state index contributed by atoms with van der Waals surface area (Å²) >= 11 is 6.27. The lowest BCUT2D eigenvalue weighted by molar-refractivity contribution is 0.315. The molecule has 0 heterocycles. The minimum absolute atomic E-state index is 0.216. The summed E-state index contributed by atoms with van der Waals surface area (Å²) in [5, 5.41) is 4.07. The van der Waals surface area contributed by atoms with Crippen molar-refractivity contribution in [2.75, 3.05) is 6.54 Å². The van der Waals surface area contributed by atoms with Crippen LogP contribution in [0.15, 0.2) is 12.1 Å². The summed E-state index contributed by atoms with van der Waals surface area (Å²) in [6.45, 7) is 4.82. The Morgan fingerprint density at radius 2 is 2.00 bits per heavy atom. The Kier molecular flexibility index (Phi) is 6.50. The molecule has 0 bridgehead atoms. The van der Waals surface area contributed by atoms with Crippen LogP contribution in [-0.2, 0) is 0 Å². The molecule has 21 heavy (non-hydrogen) atoms. The molecule has 3 heteroatoms. The normalized spacial score (nSPS) is 17.9. The molecule has 1 aromatic carbocycles. The van der Waals surface area contributed by atoms with Crippen LogP contribution in [-0.4, -0.2) is 6.54 Å². The van der Waals surface area contributed by atoms with Gasteiger partial charge in [0.25, 0.3) is 0 Å². The third kappa shape index (κ3) is 4.69. The first-order valence-corrected chi connectivity index (χ1v) is 8.68. The van der Waals surface area contributed by atoms with E-state index in [1.165, 1.54) is 44.6 Å². The van der Waals surface area contributed by atoms with E-state index in [0.717, 1.165) is 24.4 Å². The lowest BCUT2D eigenvalue weighted by atomic mass is 9.84. The third-order valence-corrected chi connectivity index (χ3v) is 5.02. The van der Waals surface area contributed by atoms with E-state index in [4.69, 9.17) is 11.6 Å². The van der Waals surface area contributed by atoms with Crippen LogP contribution < -0.4 is 5.32 Å². The fraction of sp³-hybridized carbons (Fsp3) is 0.667. The first-order valence-electron chi connectivity index (χ1n) is 8.30. The van der Waals surface area contributed by atoms with Gasteiger partial charge in [-0.2, -0.15) is 0 Å². The van der Waals surface area contributed by atoms with Gasteiger partial charge in [-0.25, -0.2) is 4.39 Å². The Hall–Kier alpha value is -0.600. The second kappa shape index (κ2) is 8.14. The topological polar surface area (TPSA) is 12.0 Å². The molecule has 1 aliphatic rings. The highest BCUT2D eigenvalue weighted by molar-refractivity contribution is 6.31. The molecular formula is C18H27ClFN. The van der Waals surface area contributed by atoms with Crippen LogP contribution in [0.2, 0.25) is 5.02 Å². The molecule has 0 saturated heterocycles. The minimum Gasteiger partial charge on any atom is -0.310 e. The van der Waals surface area contributed by atoms with Crippen molar-refractivity contribution in [2.45, 2.75) is 64.8 Å². The molecule has 0 radical (unpaired) electrons. The molecule has 1 N–H and O–H groups in total. The molecule has 1 aliphatic carbocycles. The summed E-state index contributed by atoms with van der Waals surface area (Å²) in [5.41, 5.74) is 1.73. The Morgan fingerprint density at radius 1 is 1.29 bits per heavy atom. The van der Waals surface area contributed by atoms with Crippen molar-refractivity contribution in [2.24, 2.45) is 5.92 Å². The molecule has 1 unspecified atom stereocenters. The molecule has 0 amide bonds. The van der Waals surface area contributed by atoms with Crippen molar-refractivity contribution in [3.63, 3.8) is 0 Å². The Labute approximate surface area is 133 Å². The summed E-state index contributed by atoms with van der Waals surface area (Å²) in [6, 6.07) is 3.60. The highest BCUT2D eigenvalue weighted by atomic mass is 35.5. The number of hydrogen-bond donors (Lipinski definition) is 1. The standard InChI is InChI=1S/C18H27ClFN/c1-3-21-18(10-9-14-7-5-4-6-8-14)15-11-13(2)17(20)12-16(15)19/h11-12,14,18,21H,3-10H2,1-2H3. The van der Waals surface area contributed by atoms with Crippen LogP contribution in [0.4, 0.5) is 4.39 Å². The third-order valence-electron chi connectivity index (χ3n) is 4.69. The molecule has 0 aromatic heterocycles. The van der Waals surface area contributed by atoms with E-state index in [1.807, 2.05) is 6.07 Å². The molecule has 1 fully saturated rings.